The molecule has 0 aromatic heterocycles. The molecule has 0 radical (unpaired) electrons. The van der Waals surface area contributed by atoms with Crippen LogP contribution in [0.3, 0.4) is 0 Å². The van der Waals surface area contributed by atoms with Crippen LogP contribution in [0.5, 0.6) is 11.5 Å². The summed E-state index contributed by atoms with van der Waals surface area (Å²) < 4.78 is 12.3. The molecule has 0 aliphatic carbocycles. The number of rotatable bonds is 6. The lowest BCUT2D eigenvalue weighted by Crippen LogP contribution is -2.14. The van der Waals surface area contributed by atoms with Crippen LogP contribution in [-0.4, -0.2) is 19.1 Å². The smallest absolute Gasteiger partial charge is 0.232 e. The highest BCUT2D eigenvalue weighted by molar-refractivity contribution is 9.10. The number of halogens is 1. The summed E-state index contributed by atoms with van der Waals surface area (Å²) in [5.41, 5.74) is 2.97. The molecule has 0 saturated heterocycles. The van der Waals surface area contributed by atoms with Crippen molar-refractivity contribution in [1.82, 2.24) is 0 Å². The van der Waals surface area contributed by atoms with Crippen LogP contribution in [-0.2, 0) is 11.2 Å². The summed E-state index contributed by atoms with van der Waals surface area (Å²) in [5, 5.41) is 2.95. The number of anilines is 1. The van der Waals surface area contributed by atoms with Gasteiger partial charge in [-0.2, -0.15) is 0 Å². The maximum atomic E-state index is 12.3. The molecule has 1 heterocycles. The Morgan fingerprint density at radius 1 is 1.04 bits per heavy atom. The molecular formula is C19H20BrNO3. The van der Waals surface area contributed by atoms with Gasteiger partial charge >= 0.3 is 0 Å². The fraction of sp³-hybridized carbons (Fsp3) is 0.316. The van der Waals surface area contributed by atoms with Gasteiger partial charge in [-0.1, -0.05) is 22.0 Å². The zero-order valence-corrected chi connectivity index (χ0v) is 15.4. The van der Waals surface area contributed by atoms with Crippen LogP contribution >= 0.6 is 15.9 Å². The Labute approximate surface area is 150 Å². The van der Waals surface area contributed by atoms with E-state index in [1.54, 1.807) is 0 Å². The molecule has 1 aliphatic heterocycles. The van der Waals surface area contributed by atoms with Crippen LogP contribution in [0.25, 0.3) is 0 Å². The summed E-state index contributed by atoms with van der Waals surface area (Å²) in [5.74, 6) is 1.31. The second-order valence-electron chi connectivity index (χ2n) is 5.62. The molecule has 3 rings (SSSR count). The molecule has 24 heavy (non-hydrogen) atoms. The predicted molar refractivity (Wildman–Crippen MR) is 98.0 cm³/mol. The van der Waals surface area contributed by atoms with E-state index < -0.39 is 0 Å². The molecule has 1 aliphatic rings. The second kappa shape index (κ2) is 7.26. The highest BCUT2D eigenvalue weighted by Crippen LogP contribution is 2.38. The van der Waals surface area contributed by atoms with E-state index in [1.807, 2.05) is 50.2 Å². The highest BCUT2D eigenvalue weighted by Gasteiger charge is 2.30. The first kappa shape index (κ1) is 16.8. The average Bonchev–Trinajstić information content (AvgIpc) is 2.86. The van der Waals surface area contributed by atoms with Gasteiger partial charge in [0.25, 0.3) is 0 Å². The maximum absolute atomic E-state index is 12.3. The van der Waals surface area contributed by atoms with E-state index in [4.69, 9.17) is 9.47 Å². The van der Waals surface area contributed by atoms with E-state index in [1.165, 1.54) is 0 Å². The SMILES string of the molecule is CCOc1ccc(CC2C(=O)Nc3ccc(Br)cc32)cc1OCC. The quantitative estimate of drug-likeness (QED) is 0.789. The molecule has 1 unspecified atom stereocenters. The van der Waals surface area contributed by atoms with Crippen LogP contribution in [0.1, 0.15) is 30.9 Å². The van der Waals surface area contributed by atoms with E-state index >= 15 is 0 Å². The minimum atomic E-state index is -0.190. The van der Waals surface area contributed by atoms with Crippen molar-refractivity contribution in [3.63, 3.8) is 0 Å². The van der Waals surface area contributed by atoms with Crippen molar-refractivity contribution in [2.24, 2.45) is 0 Å². The summed E-state index contributed by atoms with van der Waals surface area (Å²) in [6.45, 7) is 5.05. The van der Waals surface area contributed by atoms with Gasteiger partial charge in [0.15, 0.2) is 11.5 Å². The van der Waals surface area contributed by atoms with Crippen molar-refractivity contribution >= 4 is 27.5 Å². The lowest BCUT2D eigenvalue weighted by Gasteiger charge is -2.14. The molecule has 1 amide bonds. The zero-order valence-electron chi connectivity index (χ0n) is 13.8. The minimum Gasteiger partial charge on any atom is -0.490 e. The van der Waals surface area contributed by atoms with Crippen LogP contribution in [0.15, 0.2) is 40.9 Å². The monoisotopic (exact) mass is 389 g/mol. The Bertz CT molecular complexity index is 760. The molecular weight excluding hydrogens is 370 g/mol. The van der Waals surface area contributed by atoms with Crippen LogP contribution in [0.2, 0.25) is 0 Å². The van der Waals surface area contributed by atoms with Gasteiger partial charge in [-0.3, -0.25) is 4.79 Å². The second-order valence-corrected chi connectivity index (χ2v) is 6.54. The summed E-state index contributed by atoms with van der Waals surface area (Å²) in [6, 6.07) is 11.8. The number of hydrogen-bond donors (Lipinski definition) is 1. The van der Waals surface area contributed by atoms with Gasteiger partial charge < -0.3 is 14.8 Å². The Morgan fingerprint density at radius 3 is 2.54 bits per heavy atom. The van der Waals surface area contributed by atoms with Gasteiger partial charge in [-0.15, -0.1) is 0 Å². The van der Waals surface area contributed by atoms with E-state index in [0.29, 0.717) is 19.6 Å². The number of fused-ring (bicyclic) bond motifs is 1. The third kappa shape index (κ3) is 3.41. The van der Waals surface area contributed by atoms with Crippen LogP contribution < -0.4 is 14.8 Å². The first-order valence-electron chi connectivity index (χ1n) is 8.11. The normalized spacial score (nSPS) is 15.8. The van der Waals surface area contributed by atoms with Crippen molar-refractivity contribution < 1.29 is 14.3 Å². The van der Waals surface area contributed by atoms with Gasteiger partial charge in [0.1, 0.15) is 0 Å². The molecule has 0 saturated carbocycles. The van der Waals surface area contributed by atoms with E-state index in [-0.39, 0.29) is 11.8 Å². The fourth-order valence-corrected chi connectivity index (χ4v) is 3.34. The zero-order chi connectivity index (χ0) is 17.1. The molecule has 0 spiro atoms. The Balaban J connectivity index is 1.87. The highest BCUT2D eigenvalue weighted by atomic mass is 79.9. The van der Waals surface area contributed by atoms with Gasteiger partial charge in [-0.25, -0.2) is 0 Å². The van der Waals surface area contributed by atoms with Crippen molar-refractivity contribution in [2.45, 2.75) is 26.2 Å². The fourth-order valence-electron chi connectivity index (χ4n) is 2.96. The molecule has 2 aromatic rings. The predicted octanol–water partition coefficient (Wildman–Crippen LogP) is 4.52. The number of ether oxygens (including phenoxy) is 2. The van der Waals surface area contributed by atoms with Gasteiger partial charge in [0.05, 0.1) is 19.1 Å². The standard InChI is InChI=1S/C19H20BrNO3/c1-3-23-17-8-5-12(10-18(17)24-4-2)9-15-14-11-13(20)6-7-16(14)21-19(15)22/h5-8,10-11,15H,3-4,9H2,1-2H3,(H,21,22). The van der Waals surface area contributed by atoms with E-state index in [0.717, 1.165) is 32.8 Å². The Kier molecular flexibility index (Phi) is 5.09. The lowest BCUT2D eigenvalue weighted by molar-refractivity contribution is -0.117. The van der Waals surface area contributed by atoms with Crippen molar-refractivity contribution in [1.29, 1.82) is 0 Å². The lowest BCUT2D eigenvalue weighted by atomic mass is 9.93. The molecule has 2 aromatic carbocycles. The van der Waals surface area contributed by atoms with Crippen LogP contribution in [0.4, 0.5) is 5.69 Å². The minimum absolute atomic E-state index is 0.0370. The molecule has 0 fully saturated rings. The summed E-state index contributed by atoms with van der Waals surface area (Å²) >= 11 is 3.48. The third-order valence-electron chi connectivity index (χ3n) is 4.01. The third-order valence-corrected chi connectivity index (χ3v) is 4.50. The number of carbonyl (C=O) groups excluding carboxylic acids is 1. The number of nitrogens with one attached hydrogen (secondary N) is 1. The molecule has 1 atom stereocenters. The molecule has 5 heteroatoms. The largest absolute Gasteiger partial charge is 0.490 e. The first-order valence-corrected chi connectivity index (χ1v) is 8.90. The Morgan fingerprint density at radius 2 is 1.79 bits per heavy atom. The summed E-state index contributed by atoms with van der Waals surface area (Å²) in [6.07, 6.45) is 0.627. The number of carbonyl (C=O) groups is 1. The van der Waals surface area contributed by atoms with E-state index in [2.05, 4.69) is 21.2 Å². The van der Waals surface area contributed by atoms with Crippen LogP contribution in [0, 0.1) is 0 Å². The Hall–Kier alpha value is -2.01. The average molecular weight is 390 g/mol. The van der Waals surface area contributed by atoms with Crippen molar-refractivity contribution in [2.75, 3.05) is 18.5 Å². The first-order chi connectivity index (χ1) is 11.6. The molecule has 1 N–H and O–H groups in total. The van der Waals surface area contributed by atoms with Gasteiger partial charge in [0, 0.05) is 10.2 Å². The molecule has 0 bridgehead atoms. The molecule has 4 nitrogen and oxygen atoms in total. The summed E-state index contributed by atoms with van der Waals surface area (Å²) in [4.78, 5) is 12.3. The maximum Gasteiger partial charge on any atom is 0.232 e. The van der Waals surface area contributed by atoms with Gasteiger partial charge in [-0.05, 0) is 61.7 Å². The number of benzene rings is 2. The number of hydrogen-bond acceptors (Lipinski definition) is 3. The summed E-state index contributed by atoms with van der Waals surface area (Å²) in [7, 11) is 0. The van der Waals surface area contributed by atoms with Crippen molar-refractivity contribution in [3.05, 3.63) is 52.0 Å². The van der Waals surface area contributed by atoms with Crippen molar-refractivity contribution in [3.8, 4) is 11.5 Å². The molecule has 126 valence electrons. The number of amides is 1. The van der Waals surface area contributed by atoms with E-state index in [9.17, 15) is 4.79 Å². The van der Waals surface area contributed by atoms with Gasteiger partial charge in [0.2, 0.25) is 5.91 Å². The topological polar surface area (TPSA) is 47.6 Å².